The van der Waals surface area contributed by atoms with Crippen molar-refractivity contribution in [3.8, 4) is 0 Å². The van der Waals surface area contributed by atoms with Crippen LogP contribution in [0.1, 0.15) is 33.6 Å². The number of hydrogen-bond donors (Lipinski definition) is 1. The van der Waals surface area contributed by atoms with Crippen molar-refractivity contribution < 1.29 is 9.53 Å². The molecule has 16 heavy (non-hydrogen) atoms. The lowest BCUT2D eigenvalue weighted by Gasteiger charge is -2.25. The summed E-state index contributed by atoms with van der Waals surface area (Å²) in [7, 11) is 0. The molecule has 0 aromatic rings. The van der Waals surface area contributed by atoms with E-state index in [-0.39, 0.29) is 24.1 Å². The number of ether oxygens (including phenoxy) is 1. The van der Waals surface area contributed by atoms with Gasteiger partial charge in [-0.05, 0) is 25.7 Å². The second-order valence-electron chi connectivity index (χ2n) is 5.28. The first-order chi connectivity index (χ1) is 7.59. The molecule has 0 saturated carbocycles. The van der Waals surface area contributed by atoms with E-state index in [2.05, 4.69) is 26.1 Å². The molecule has 3 atom stereocenters. The van der Waals surface area contributed by atoms with E-state index in [0.29, 0.717) is 12.6 Å². The standard InChI is InChI=1S/C12H22N2O2/c1-8(2)6-10-12(15)14(7-13-10)11-4-5-16-9(11)3/h8-11,13H,4-7H2,1-3H3. The second-order valence-corrected chi connectivity index (χ2v) is 5.28. The van der Waals surface area contributed by atoms with E-state index in [1.807, 2.05) is 4.90 Å². The maximum atomic E-state index is 12.2. The lowest BCUT2D eigenvalue weighted by atomic mass is 10.0. The van der Waals surface area contributed by atoms with Crippen LogP contribution in [0.2, 0.25) is 0 Å². The van der Waals surface area contributed by atoms with Gasteiger partial charge < -0.3 is 9.64 Å². The van der Waals surface area contributed by atoms with Gasteiger partial charge in [0.15, 0.2) is 0 Å². The van der Waals surface area contributed by atoms with E-state index in [0.717, 1.165) is 19.4 Å². The maximum Gasteiger partial charge on any atom is 0.241 e. The van der Waals surface area contributed by atoms with Crippen molar-refractivity contribution in [3.05, 3.63) is 0 Å². The van der Waals surface area contributed by atoms with E-state index < -0.39 is 0 Å². The van der Waals surface area contributed by atoms with Gasteiger partial charge in [0.25, 0.3) is 0 Å². The molecule has 4 nitrogen and oxygen atoms in total. The SMILES string of the molecule is CC(C)CC1NCN(C2CCOC2C)C1=O. The molecule has 4 heteroatoms. The first-order valence-corrected chi connectivity index (χ1v) is 6.25. The minimum atomic E-state index is 0.0211. The molecule has 0 aliphatic carbocycles. The van der Waals surface area contributed by atoms with Crippen LogP contribution in [-0.2, 0) is 9.53 Å². The van der Waals surface area contributed by atoms with Crippen molar-refractivity contribution >= 4 is 5.91 Å². The molecular weight excluding hydrogens is 204 g/mol. The van der Waals surface area contributed by atoms with E-state index in [1.165, 1.54) is 0 Å². The Morgan fingerprint density at radius 1 is 1.56 bits per heavy atom. The summed E-state index contributed by atoms with van der Waals surface area (Å²) in [5.74, 6) is 0.815. The smallest absolute Gasteiger partial charge is 0.241 e. The summed E-state index contributed by atoms with van der Waals surface area (Å²) in [4.78, 5) is 14.1. The van der Waals surface area contributed by atoms with Crippen LogP contribution < -0.4 is 5.32 Å². The Morgan fingerprint density at radius 3 is 2.88 bits per heavy atom. The van der Waals surface area contributed by atoms with Crippen LogP contribution >= 0.6 is 0 Å². The zero-order valence-electron chi connectivity index (χ0n) is 10.4. The number of rotatable bonds is 3. The zero-order valence-corrected chi connectivity index (χ0v) is 10.4. The summed E-state index contributed by atoms with van der Waals surface area (Å²) in [6.45, 7) is 7.83. The molecule has 2 aliphatic heterocycles. The van der Waals surface area contributed by atoms with Crippen LogP contribution in [-0.4, -0.2) is 42.3 Å². The minimum Gasteiger partial charge on any atom is -0.376 e. The summed E-state index contributed by atoms with van der Waals surface area (Å²) >= 11 is 0. The van der Waals surface area contributed by atoms with Gasteiger partial charge >= 0.3 is 0 Å². The van der Waals surface area contributed by atoms with Gasteiger partial charge in [-0.25, -0.2) is 0 Å². The van der Waals surface area contributed by atoms with E-state index in [9.17, 15) is 4.79 Å². The van der Waals surface area contributed by atoms with Crippen molar-refractivity contribution in [2.24, 2.45) is 5.92 Å². The molecule has 2 heterocycles. The quantitative estimate of drug-likeness (QED) is 0.779. The Kier molecular flexibility index (Phi) is 3.50. The van der Waals surface area contributed by atoms with Crippen molar-refractivity contribution in [2.75, 3.05) is 13.3 Å². The van der Waals surface area contributed by atoms with Gasteiger partial charge in [0.1, 0.15) is 0 Å². The van der Waals surface area contributed by atoms with Gasteiger partial charge in [-0.2, -0.15) is 0 Å². The van der Waals surface area contributed by atoms with Crippen LogP contribution in [0.5, 0.6) is 0 Å². The Bertz CT molecular complexity index is 268. The van der Waals surface area contributed by atoms with Gasteiger partial charge in [-0.3, -0.25) is 10.1 Å². The van der Waals surface area contributed by atoms with Gasteiger partial charge in [0.05, 0.1) is 24.9 Å². The fourth-order valence-corrected chi connectivity index (χ4v) is 2.64. The molecule has 3 unspecified atom stereocenters. The number of nitrogens with one attached hydrogen (secondary N) is 1. The monoisotopic (exact) mass is 226 g/mol. The molecule has 0 spiro atoms. The molecule has 0 bridgehead atoms. The molecule has 1 N–H and O–H groups in total. The average Bonchev–Trinajstić information content (AvgIpc) is 2.75. The molecule has 0 aromatic carbocycles. The van der Waals surface area contributed by atoms with Gasteiger partial charge in [-0.1, -0.05) is 13.8 Å². The largest absolute Gasteiger partial charge is 0.376 e. The highest BCUT2D eigenvalue weighted by molar-refractivity contribution is 5.84. The summed E-state index contributed by atoms with van der Waals surface area (Å²) in [5, 5.41) is 3.31. The third kappa shape index (κ3) is 2.23. The number of carbonyl (C=O) groups is 1. The number of carbonyl (C=O) groups excluding carboxylic acids is 1. The van der Waals surface area contributed by atoms with Gasteiger partial charge in [0.2, 0.25) is 5.91 Å². The highest BCUT2D eigenvalue weighted by Crippen LogP contribution is 2.23. The van der Waals surface area contributed by atoms with E-state index >= 15 is 0 Å². The fraction of sp³-hybridized carbons (Fsp3) is 0.917. The fourth-order valence-electron chi connectivity index (χ4n) is 2.64. The van der Waals surface area contributed by atoms with E-state index in [4.69, 9.17) is 4.74 Å². The highest BCUT2D eigenvalue weighted by Gasteiger charge is 2.39. The Hall–Kier alpha value is -0.610. The normalized spacial score (nSPS) is 35.4. The van der Waals surface area contributed by atoms with Crippen molar-refractivity contribution in [1.82, 2.24) is 10.2 Å². The minimum absolute atomic E-state index is 0.0211. The first-order valence-electron chi connectivity index (χ1n) is 6.25. The van der Waals surface area contributed by atoms with Crippen molar-refractivity contribution in [2.45, 2.75) is 51.8 Å². The van der Waals surface area contributed by atoms with Crippen LogP contribution in [0, 0.1) is 5.92 Å². The number of amides is 1. The van der Waals surface area contributed by atoms with E-state index in [1.54, 1.807) is 0 Å². The molecule has 0 aromatic heterocycles. The van der Waals surface area contributed by atoms with Crippen LogP contribution in [0.3, 0.4) is 0 Å². The molecule has 2 aliphatic rings. The van der Waals surface area contributed by atoms with Crippen molar-refractivity contribution in [1.29, 1.82) is 0 Å². The molecule has 2 fully saturated rings. The molecule has 2 rings (SSSR count). The molecule has 1 amide bonds. The predicted octanol–water partition coefficient (Wildman–Crippen LogP) is 0.968. The summed E-state index contributed by atoms with van der Waals surface area (Å²) in [5.41, 5.74) is 0. The lowest BCUT2D eigenvalue weighted by molar-refractivity contribution is -0.132. The van der Waals surface area contributed by atoms with Crippen LogP contribution in [0.15, 0.2) is 0 Å². The highest BCUT2D eigenvalue weighted by atomic mass is 16.5. The molecule has 92 valence electrons. The van der Waals surface area contributed by atoms with Crippen molar-refractivity contribution in [3.63, 3.8) is 0 Å². The number of nitrogens with zero attached hydrogens (tertiary/aromatic N) is 1. The zero-order chi connectivity index (χ0) is 11.7. The number of hydrogen-bond acceptors (Lipinski definition) is 3. The lowest BCUT2D eigenvalue weighted by Crippen LogP contribution is -2.42. The summed E-state index contributed by atoms with van der Waals surface area (Å²) in [6.07, 6.45) is 2.09. The average molecular weight is 226 g/mol. The Morgan fingerprint density at radius 2 is 2.31 bits per heavy atom. The molecule has 2 saturated heterocycles. The van der Waals surface area contributed by atoms with Gasteiger partial charge in [-0.15, -0.1) is 0 Å². The summed E-state index contributed by atoms with van der Waals surface area (Å²) < 4.78 is 5.52. The third-order valence-electron chi connectivity index (χ3n) is 3.53. The maximum absolute atomic E-state index is 12.2. The summed E-state index contributed by atoms with van der Waals surface area (Å²) in [6, 6.07) is 0.296. The topological polar surface area (TPSA) is 41.6 Å². The Balaban J connectivity index is 1.96. The molecular formula is C12H22N2O2. The predicted molar refractivity (Wildman–Crippen MR) is 61.9 cm³/mol. The molecule has 0 radical (unpaired) electrons. The second kappa shape index (κ2) is 4.72. The Labute approximate surface area is 97.3 Å². The van der Waals surface area contributed by atoms with Crippen LogP contribution in [0.4, 0.5) is 0 Å². The third-order valence-corrected chi connectivity index (χ3v) is 3.53. The van der Waals surface area contributed by atoms with Gasteiger partial charge in [0, 0.05) is 6.61 Å². The first kappa shape index (κ1) is 11.9. The van der Waals surface area contributed by atoms with Crippen LogP contribution in [0.25, 0.3) is 0 Å².